The molecule has 21 heavy (non-hydrogen) atoms. The van der Waals surface area contributed by atoms with Crippen LogP contribution in [0.25, 0.3) is 0 Å². The van der Waals surface area contributed by atoms with Crippen LogP contribution in [0.2, 0.25) is 0 Å². The van der Waals surface area contributed by atoms with Crippen LogP contribution < -0.4 is 0 Å². The van der Waals surface area contributed by atoms with Crippen LogP contribution in [0.1, 0.15) is 17.0 Å². The van der Waals surface area contributed by atoms with Crippen molar-refractivity contribution in [2.45, 2.75) is 17.4 Å². The van der Waals surface area contributed by atoms with Crippen molar-refractivity contribution in [3.8, 4) is 0 Å². The van der Waals surface area contributed by atoms with Gasteiger partial charge < -0.3 is 0 Å². The van der Waals surface area contributed by atoms with E-state index in [4.69, 9.17) is 11.6 Å². The largest absolute Gasteiger partial charge is 0.297 e. The lowest BCUT2D eigenvalue weighted by molar-refractivity contribution is 0.269. The summed E-state index contributed by atoms with van der Waals surface area (Å²) >= 11 is 7.98. The molecule has 1 aliphatic heterocycles. The van der Waals surface area contributed by atoms with Gasteiger partial charge in [0.25, 0.3) is 0 Å². The van der Waals surface area contributed by atoms with Gasteiger partial charge in [-0.3, -0.25) is 4.90 Å². The van der Waals surface area contributed by atoms with Crippen LogP contribution in [0.3, 0.4) is 0 Å². The number of alkyl halides is 1. The Kier molecular flexibility index (Phi) is 5.23. The molecule has 1 nitrogen and oxygen atoms in total. The standard InChI is InChI=1S/C18H20ClNS/c19-10-11-20(12-15-6-2-1-3-7-15)13-16-14-21-18-9-5-4-8-17(16)18/h1-9,16H,10-14H2. The van der Waals surface area contributed by atoms with E-state index in [1.54, 1.807) is 0 Å². The molecule has 2 aromatic carbocycles. The van der Waals surface area contributed by atoms with Gasteiger partial charge in [-0.1, -0.05) is 48.5 Å². The third-order valence-corrected chi connectivity index (χ3v) is 5.35. The van der Waals surface area contributed by atoms with E-state index in [0.717, 1.165) is 19.6 Å². The number of benzene rings is 2. The van der Waals surface area contributed by atoms with Crippen LogP contribution in [0.4, 0.5) is 0 Å². The van der Waals surface area contributed by atoms with Gasteiger partial charge in [-0.15, -0.1) is 23.4 Å². The molecule has 3 heteroatoms. The van der Waals surface area contributed by atoms with Crippen molar-refractivity contribution >= 4 is 23.4 Å². The van der Waals surface area contributed by atoms with Gasteiger partial charge in [-0.2, -0.15) is 0 Å². The van der Waals surface area contributed by atoms with Crippen molar-refractivity contribution in [1.82, 2.24) is 4.90 Å². The molecule has 3 rings (SSSR count). The SMILES string of the molecule is ClCCN(Cc1ccccc1)CC1CSc2ccccc21. The molecule has 0 spiro atoms. The van der Waals surface area contributed by atoms with E-state index in [1.165, 1.54) is 21.8 Å². The highest BCUT2D eigenvalue weighted by Crippen LogP contribution is 2.39. The minimum absolute atomic E-state index is 0.623. The second-order valence-corrected chi connectivity index (χ2v) is 6.90. The van der Waals surface area contributed by atoms with Crippen molar-refractivity contribution < 1.29 is 0 Å². The van der Waals surface area contributed by atoms with E-state index in [2.05, 4.69) is 59.5 Å². The van der Waals surface area contributed by atoms with E-state index in [0.29, 0.717) is 11.8 Å². The number of rotatable bonds is 6. The van der Waals surface area contributed by atoms with Gasteiger partial charge in [0, 0.05) is 42.1 Å². The van der Waals surface area contributed by atoms with Gasteiger partial charge in [0.1, 0.15) is 0 Å². The highest BCUT2D eigenvalue weighted by atomic mass is 35.5. The maximum Gasteiger partial charge on any atom is 0.0351 e. The summed E-state index contributed by atoms with van der Waals surface area (Å²) in [6, 6.07) is 19.5. The summed E-state index contributed by atoms with van der Waals surface area (Å²) in [7, 11) is 0. The zero-order valence-electron chi connectivity index (χ0n) is 12.0. The molecule has 0 radical (unpaired) electrons. The second-order valence-electron chi connectivity index (χ2n) is 5.46. The van der Waals surface area contributed by atoms with Crippen LogP contribution >= 0.6 is 23.4 Å². The van der Waals surface area contributed by atoms with Crippen molar-refractivity contribution in [2.24, 2.45) is 0 Å². The van der Waals surface area contributed by atoms with Crippen LogP contribution in [0.5, 0.6) is 0 Å². The van der Waals surface area contributed by atoms with Gasteiger partial charge in [0.05, 0.1) is 0 Å². The Labute approximate surface area is 136 Å². The van der Waals surface area contributed by atoms with Crippen LogP contribution in [0.15, 0.2) is 59.5 Å². The highest BCUT2D eigenvalue weighted by Gasteiger charge is 2.24. The Morgan fingerprint density at radius 3 is 2.62 bits per heavy atom. The molecular formula is C18H20ClNS. The molecule has 0 saturated heterocycles. The van der Waals surface area contributed by atoms with Crippen LogP contribution in [0, 0.1) is 0 Å². The first-order valence-corrected chi connectivity index (χ1v) is 8.93. The maximum atomic E-state index is 6.00. The number of fused-ring (bicyclic) bond motifs is 1. The molecule has 0 saturated carbocycles. The van der Waals surface area contributed by atoms with Gasteiger partial charge in [0.15, 0.2) is 0 Å². The molecule has 1 atom stereocenters. The van der Waals surface area contributed by atoms with Crippen molar-refractivity contribution in [2.75, 3.05) is 24.7 Å². The van der Waals surface area contributed by atoms with Gasteiger partial charge in [-0.25, -0.2) is 0 Å². The molecule has 1 aliphatic rings. The average molecular weight is 318 g/mol. The number of hydrogen-bond acceptors (Lipinski definition) is 2. The zero-order chi connectivity index (χ0) is 14.5. The van der Waals surface area contributed by atoms with Crippen LogP contribution in [-0.2, 0) is 6.54 Å². The fourth-order valence-electron chi connectivity index (χ4n) is 2.89. The van der Waals surface area contributed by atoms with Gasteiger partial charge in [-0.05, 0) is 17.2 Å². The number of halogens is 1. The third kappa shape index (κ3) is 3.82. The Morgan fingerprint density at radius 2 is 1.81 bits per heavy atom. The van der Waals surface area contributed by atoms with E-state index < -0.39 is 0 Å². The van der Waals surface area contributed by atoms with Gasteiger partial charge >= 0.3 is 0 Å². The number of nitrogens with zero attached hydrogens (tertiary/aromatic N) is 1. The fraction of sp³-hybridized carbons (Fsp3) is 0.333. The highest BCUT2D eigenvalue weighted by molar-refractivity contribution is 7.99. The summed E-state index contributed by atoms with van der Waals surface area (Å²) < 4.78 is 0. The Hall–Kier alpha value is -0.960. The predicted octanol–water partition coefficient (Wildman–Crippen LogP) is 4.62. The van der Waals surface area contributed by atoms with E-state index >= 15 is 0 Å². The molecule has 0 aliphatic carbocycles. The maximum absolute atomic E-state index is 6.00. The smallest absolute Gasteiger partial charge is 0.0351 e. The summed E-state index contributed by atoms with van der Waals surface area (Å²) in [5, 5.41) is 0. The van der Waals surface area contributed by atoms with Crippen molar-refractivity contribution in [1.29, 1.82) is 0 Å². The molecule has 0 amide bonds. The molecule has 0 aromatic heterocycles. The molecule has 1 heterocycles. The molecule has 1 unspecified atom stereocenters. The summed E-state index contributed by atoms with van der Waals surface area (Å²) in [4.78, 5) is 3.93. The van der Waals surface area contributed by atoms with Crippen molar-refractivity contribution in [3.63, 3.8) is 0 Å². The molecule has 2 aromatic rings. The lowest BCUT2D eigenvalue weighted by Gasteiger charge is -2.25. The van der Waals surface area contributed by atoms with E-state index in [1.807, 2.05) is 11.8 Å². The van der Waals surface area contributed by atoms with E-state index in [-0.39, 0.29) is 0 Å². The first kappa shape index (κ1) is 15.0. The monoisotopic (exact) mass is 317 g/mol. The third-order valence-electron chi connectivity index (χ3n) is 3.93. The quantitative estimate of drug-likeness (QED) is 0.715. The minimum atomic E-state index is 0.623. The molecule has 0 bridgehead atoms. The first-order valence-electron chi connectivity index (χ1n) is 7.41. The topological polar surface area (TPSA) is 3.24 Å². The zero-order valence-corrected chi connectivity index (χ0v) is 13.6. The molecule has 110 valence electrons. The second kappa shape index (κ2) is 7.35. The van der Waals surface area contributed by atoms with Crippen molar-refractivity contribution in [3.05, 3.63) is 65.7 Å². The Balaban J connectivity index is 1.68. The number of thioether (sulfide) groups is 1. The average Bonchev–Trinajstić information content (AvgIpc) is 2.92. The predicted molar refractivity (Wildman–Crippen MR) is 92.3 cm³/mol. The van der Waals surface area contributed by atoms with Gasteiger partial charge in [0.2, 0.25) is 0 Å². The molecular weight excluding hydrogens is 298 g/mol. The molecule has 0 fully saturated rings. The number of hydrogen-bond donors (Lipinski definition) is 0. The first-order chi connectivity index (χ1) is 10.4. The Bertz CT molecular complexity index is 572. The normalized spacial score (nSPS) is 17.1. The summed E-state index contributed by atoms with van der Waals surface area (Å²) in [6.45, 7) is 3.02. The van der Waals surface area contributed by atoms with Crippen LogP contribution in [-0.4, -0.2) is 29.6 Å². The summed E-state index contributed by atoms with van der Waals surface area (Å²) in [6.07, 6.45) is 0. The van der Waals surface area contributed by atoms with E-state index in [9.17, 15) is 0 Å². The Morgan fingerprint density at radius 1 is 1.05 bits per heavy atom. The lowest BCUT2D eigenvalue weighted by atomic mass is 10.0. The lowest BCUT2D eigenvalue weighted by Crippen LogP contribution is -2.30. The summed E-state index contributed by atoms with van der Waals surface area (Å²) in [5.41, 5.74) is 2.87. The minimum Gasteiger partial charge on any atom is -0.297 e. The molecule has 0 N–H and O–H groups in total. The summed E-state index contributed by atoms with van der Waals surface area (Å²) in [5.74, 6) is 2.50. The fourth-order valence-corrected chi connectivity index (χ4v) is 4.37.